The highest BCUT2D eigenvalue weighted by molar-refractivity contribution is 7.13. The monoisotopic (exact) mass is 286 g/mol. The predicted octanol–water partition coefficient (Wildman–Crippen LogP) is 0.592. The Labute approximate surface area is 118 Å². The van der Waals surface area contributed by atoms with Crippen molar-refractivity contribution in [3.8, 4) is 17.6 Å². The molecule has 6 N–H and O–H groups in total. The van der Waals surface area contributed by atoms with Crippen molar-refractivity contribution in [1.82, 2.24) is 9.97 Å². The number of nitrogen functional groups attached to an aromatic ring is 1. The van der Waals surface area contributed by atoms with Crippen LogP contribution in [0.15, 0.2) is 27.5 Å². The quantitative estimate of drug-likeness (QED) is 0.426. The fraction of sp³-hybridized carbons (Fsp3) is 0. The van der Waals surface area contributed by atoms with Gasteiger partial charge in [-0.3, -0.25) is 0 Å². The van der Waals surface area contributed by atoms with Crippen molar-refractivity contribution in [2.24, 2.45) is 21.5 Å². The summed E-state index contributed by atoms with van der Waals surface area (Å²) < 4.78 is 0. The van der Waals surface area contributed by atoms with E-state index in [0.717, 1.165) is 0 Å². The van der Waals surface area contributed by atoms with Crippen LogP contribution in [-0.4, -0.2) is 22.1 Å². The second-order valence-electron chi connectivity index (χ2n) is 3.58. The van der Waals surface area contributed by atoms with E-state index in [2.05, 4.69) is 20.0 Å². The highest BCUT2D eigenvalue weighted by Crippen LogP contribution is 2.27. The molecule has 0 unspecified atom stereocenters. The molecule has 0 saturated carbocycles. The summed E-state index contributed by atoms with van der Waals surface area (Å²) in [5, 5.41) is 10.6. The van der Waals surface area contributed by atoms with Crippen LogP contribution in [0.25, 0.3) is 11.4 Å². The Morgan fingerprint density at radius 2 is 2.15 bits per heavy atom. The van der Waals surface area contributed by atoms with Gasteiger partial charge in [0.1, 0.15) is 17.2 Å². The molecule has 2 aromatic heterocycles. The van der Waals surface area contributed by atoms with E-state index in [1.54, 1.807) is 23.7 Å². The van der Waals surface area contributed by atoms with Crippen molar-refractivity contribution in [3.05, 3.63) is 23.1 Å². The summed E-state index contributed by atoms with van der Waals surface area (Å²) in [6.45, 7) is 0. The number of pyridine rings is 1. The first-order valence-corrected chi connectivity index (χ1v) is 6.22. The van der Waals surface area contributed by atoms with Crippen molar-refractivity contribution >= 4 is 34.5 Å². The van der Waals surface area contributed by atoms with Crippen LogP contribution >= 0.6 is 11.3 Å². The Balaban J connectivity index is 2.48. The summed E-state index contributed by atoms with van der Waals surface area (Å²) >= 11 is 1.26. The molecule has 0 aliphatic heterocycles. The summed E-state index contributed by atoms with van der Waals surface area (Å²) in [6.07, 6.45) is 3.07. The molecule has 0 spiro atoms. The maximum absolute atomic E-state index is 8.49. The van der Waals surface area contributed by atoms with Crippen molar-refractivity contribution in [3.63, 3.8) is 0 Å². The minimum Gasteiger partial charge on any atom is -0.384 e. The lowest BCUT2D eigenvalue weighted by atomic mass is 10.1. The zero-order valence-corrected chi connectivity index (χ0v) is 11.0. The number of anilines is 1. The number of nitrogens with zero attached hydrogens (tertiary/aromatic N) is 5. The van der Waals surface area contributed by atoms with E-state index in [9.17, 15) is 0 Å². The fourth-order valence-corrected chi connectivity index (χ4v) is 2.12. The highest BCUT2D eigenvalue weighted by Gasteiger charge is 2.10. The lowest BCUT2D eigenvalue weighted by molar-refractivity contribution is 1.26. The molecule has 0 bridgehead atoms. The second-order valence-corrected chi connectivity index (χ2v) is 4.42. The zero-order valence-electron chi connectivity index (χ0n) is 10.2. The number of rotatable bonds is 3. The average molecular weight is 286 g/mol. The Morgan fingerprint density at radius 3 is 2.85 bits per heavy atom. The minimum atomic E-state index is -0.0716. The maximum Gasteiger partial charge on any atom is 0.212 e. The fourth-order valence-electron chi connectivity index (χ4n) is 1.43. The molecule has 2 aromatic rings. The van der Waals surface area contributed by atoms with Crippen LogP contribution in [0.3, 0.4) is 0 Å². The van der Waals surface area contributed by atoms with Crippen LogP contribution in [-0.2, 0) is 0 Å². The van der Waals surface area contributed by atoms with Gasteiger partial charge in [-0.25, -0.2) is 9.97 Å². The van der Waals surface area contributed by atoms with Crippen LogP contribution < -0.4 is 17.2 Å². The number of guanidine groups is 1. The molecule has 0 amide bonds. The van der Waals surface area contributed by atoms with E-state index in [1.165, 1.54) is 17.6 Å². The van der Waals surface area contributed by atoms with E-state index < -0.39 is 0 Å². The number of nitriles is 1. The first kappa shape index (κ1) is 13.4. The molecular weight excluding hydrogens is 276 g/mol. The van der Waals surface area contributed by atoms with E-state index in [-0.39, 0.29) is 5.96 Å². The average Bonchev–Trinajstić information content (AvgIpc) is 2.84. The lowest BCUT2D eigenvalue weighted by Crippen LogP contribution is -2.21. The molecular formula is C11H10N8S. The Bertz CT molecular complexity index is 720. The van der Waals surface area contributed by atoms with Gasteiger partial charge in [0.2, 0.25) is 11.3 Å². The summed E-state index contributed by atoms with van der Waals surface area (Å²) in [4.78, 5) is 15.8. The van der Waals surface area contributed by atoms with Crippen LogP contribution in [0.4, 0.5) is 10.9 Å². The van der Waals surface area contributed by atoms with E-state index in [1.807, 2.05) is 0 Å². The lowest BCUT2D eigenvalue weighted by Gasteiger charge is -2.02. The molecule has 2 heterocycles. The third-order valence-corrected chi connectivity index (χ3v) is 2.90. The van der Waals surface area contributed by atoms with Crippen molar-refractivity contribution in [1.29, 1.82) is 5.26 Å². The summed E-state index contributed by atoms with van der Waals surface area (Å²) in [5.41, 5.74) is 18.0. The highest BCUT2D eigenvalue weighted by atomic mass is 32.1. The van der Waals surface area contributed by atoms with Gasteiger partial charge >= 0.3 is 0 Å². The van der Waals surface area contributed by atoms with Gasteiger partial charge in [0.05, 0.1) is 0 Å². The third kappa shape index (κ3) is 3.06. The molecule has 2 rings (SSSR count). The van der Waals surface area contributed by atoms with Gasteiger partial charge in [-0.05, 0) is 12.1 Å². The standard InChI is InChI=1S/C11H10N8S/c12-5-16-3-6-1-2-8(13)18-9(6)7-4-20-11(17-7)19-10(14)15/h1-4H,(H2,13,18)(H4,14,15,17,19)/b16-3+. The smallest absolute Gasteiger partial charge is 0.212 e. The number of aliphatic imine (C=N–C) groups is 2. The summed E-state index contributed by atoms with van der Waals surface area (Å²) in [7, 11) is 0. The molecule has 20 heavy (non-hydrogen) atoms. The molecule has 0 aromatic carbocycles. The molecule has 0 aliphatic rings. The Morgan fingerprint density at radius 1 is 1.35 bits per heavy atom. The first-order valence-electron chi connectivity index (χ1n) is 5.34. The molecule has 0 aliphatic carbocycles. The van der Waals surface area contributed by atoms with Gasteiger partial charge in [-0.1, -0.05) is 0 Å². The Hall–Kier alpha value is -2.99. The van der Waals surface area contributed by atoms with Gasteiger partial charge in [0.15, 0.2) is 5.96 Å². The predicted molar refractivity (Wildman–Crippen MR) is 78.4 cm³/mol. The molecule has 9 heteroatoms. The van der Waals surface area contributed by atoms with Crippen LogP contribution in [0.5, 0.6) is 0 Å². The largest absolute Gasteiger partial charge is 0.384 e. The van der Waals surface area contributed by atoms with Gasteiger partial charge in [-0.15, -0.1) is 11.3 Å². The van der Waals surface area contributed by atoms with Crippen LogP contribution in [0.2, 0.25) is 0 Å². The molecule has 0 saturated heterocycles. The van der Waals surface area contributed by atoms with Gasteiger partial charge in [0.25, 0.3) is 0 Å². The second kappa shape index (κ2) is 5.77. The van der Waals surface area contributed by atoms with Crippen LogP contribution in [0, 0.1) is 11.5 Å². The number of hydrogen-bond acceptors (Lipinski definition) is 7. The van der Waals surface area contributed by atoms with Crippen LogP contribution in [0.1, 0.15) is 5.56 Å². The van der Waals surface area contributed by atoms with Gasteiger partial charge in [0, 0.05) is 17.2 Å². The first-order chi connectivity index (χ1) is 9.60. The van der Waals surface area contributed by atoms with Crippen molar-refractivity contribution in [2.75, 3.05) is 5.73 Å². The van der Waals surface area contributed by atoms with Gasteiger partial charge < -0.3 is 17.2 Å². The zero-order chi connectivity index (χ0) is 14.5. The summed E-state index contributed by atoms with van der Waals surface area (Å²) in [5.74, 6) is 0.267. The molecule has 0 radical (unpaired) electrons. The molecule has 8 nitrogen and oxygen atoms in total. The molecule has 0 fully saturated rings. The SMILES string of the molecule is N#C/N=C/c1ccc(N)nc1-c1csc(N=C(N)N)n1. The summed E-state index contributed by atoms with van der Waals surface area (Å²) in [6, 6.07) is 3.32. The minimum absolute atomic E-state index is 0.0716. The van der Waals surface area contributed by atoms with Crippen molar-refractivity contribution in [2.45, 2.75) is 0 Å². The molecule has 0 atom stereocenters. The van der Waals surface area contributed by atoms with E-state index >= 15 is 0 Å². The topological polar surface area (TPSA) is 152 Å². The Kier molecular flexibility index (Phi) is 3.88. The maximum atomic E-state index is 8.49. The van der Waals surface area contributed by atoms with Gasteiger partial charge in [-0.2, -0.15) is 15.2 Å². The number of nitrogens with two attached hydrogens (primary N) is 3. The number of hydrogen-bond donors (Lipinski definition) is 3. The van der Waals surface area contributed by atoms with Crippen molar-refractivity contribution < 1.29 is 0 Å². The van der Waals surface area contributed by atoms with E-state index in [0.29, 0.717) is 27.9 Å². The normalized spacial score (nSPS) is 10.3. The van der Waals surface area contributed by atoms with E-state index in [4.69, 9.17) is 22.5 Å². The number of thiazole rings is 1. The number of aromatic nitrogens is 2. The molecule has 100 valence electrons. The third-order valence-electron chi connectivity index (χ3n) is 2.17.